The van der Waals surface area contributed by atoms with E-state index in [1.54, 1.807) is 0 Å². The van der Waals surface area contributed by atoms with Crippen molar-refractivity contribution in [2.75, 3.05) is 13.1 Å². The molecule has 1 aliphatic rings. The number of nitrogens with one attached hydrogen (secondary N) is 1. The minimum atomic E-state index is 0.529. The van der Waals surface area contributed by atoms with Gasteiger partial charge in [0.05, 0.1) is 0 Å². The van der Waals surface area contributed by atoms with Crippen LogP contribution >= 0.6 is 0 Å². The first-order chi connectivity index (χ1) is 7.71. The standard InChI is InChI=1S/C15H23N/c1-13-12-16-11-10-15(13,2)9-8-14-6-4-3-5-7-14/h3-7,13,16H,8-12H2,1-2H3. The van der Waals surface area contributed by atoms with Crippen molar-refractivity contribution in [3.05, 3.63) is 35.9 Å². The Morgan fingerprint density at radius 2 is 2.06 bits per heavy atom. The van der Waals surface area contributed by atoms with Crippen molar-refractivity contribution in [2.45, 2.75) is 33.1 Å². The lowest BCUT2D eigenvalue weighted by atomic mass is 9.70. The second kappa shape index (κ2) is 5.01. The third-order valence-corrected chi connectivity index (χ3v) is 4.34. The summed E-state index contributed by atoms with van der Waals surface area (Å²) >= 11 is 0. The van der Waals surface area contributed by atoms with E-state index in [0.717, 1.165) is 5.92 Å². The van der Waals surface area contributed by atoms with Gasteiger partial charge in [0.25, 0.3) is 0 Å². The van der Waals surface area contributed by atoms with Gasteiger partial charge in [-0.3, -0.25) is 0 Å². The molecule has 0 spiro atoms. The van der Waals surface area contributed by atoms with Crippen molar-refractivity contribution < 1.29 is 0 Å². The first-order valence-corrected chi connectivity index (χ1v) is 6.45. The van der Waals surface area contributed by atoms with Gasteiger partial charge in [0, 0.05) is 0 Å². The lowest BCUT2D eigenvalue weighted by molar-refractivity contribution is 0.132. The fraction of sp³-hybridized carbons (Fsp3) is 0.600. The minimum absolute atomic E-state index is 0.529. The maximum absolute atomic E-state index is 3.49. The molecule has 1 N–H and O–H groups in total. The van der Waals surface area contributed by atoms with Crippen molar-refractivity contribution >= 4 is 0 Å². The normalized spacial score (nSPS) is 30.2. The molecular formula is C15H23N. The molecule has 1 nitrogen and oxygen atoms in total. The molecule has 0 saturated carbocycles. The van der Waals surface area contributed by atoms with E-state index in [2.05, 4.69) is 49.5 Å². The Labute approximate surface area is 99.3 Å². The van der Waals surface area contributed by atoms with Crippen LogP contribution in [-0.4, -0.2) is 13.1 Å². The highest BCUT2D eigenvalue weighted by molar-refractivity contribution is 5.15. The van der Waals surface area contributed by atoms with Crippen molar-refractivity contribution in [3.63, 3.8) is 0 Å². The van der Waals surface area contributed by atoms with E-state index in [9.17, 15) is 0 Å². The van der Waals surface area contributed by atoms with Crippen molar-refractivity contribution in [1.82, 2.24) is 5.32 Å². The highest BCUT2D eigenvalue weighted by Gasteiger charge is 2.32. The van der Waals surface area contributed by atoms with Gasteiger partial charge < -0.3 is 5.32 Å². The van der Waals surface area contributed by atoms with Crippen molar-refractivity contribution in [1.29, 1.82) is 0 Å². The van der Waals surface area contributed by atoms with Gasteiger partial charge in [-0.05, 0) is 49.2 Å². The van der Waals surface area contributed by atoms with Crippen LogP contribution in [0.1, 0.15) is 32.3 Å². The molecule has 1 fully saturated rings. The molecule has 1 aliphatic heterocycles. The Morgan fingerprint density at radius 1 is 1.31 bits per heavy atom. The predicted molar refractivity (Wildman–Crippen MR) is 69.5 cm³/mol. The second-order valence-corrected chi connectivity index (χ2v) is 5.49. The van der Waals surface area contributed by atoms with Crippen LogP contribution < -0.4 is 5.32 Å². The topological polar surface area (TPSA) is 12.0 Å². The van der Waals surface area contributed by atoms with Crippen LogP contribution in [0.15, 0.2) is 30.3 Å². The van der Waals surface area contributed by atoms with Crippen LogP contribution in [-0.2, 0) is 6.42 Å². The predicted octanol–water partition coefficient (Wildman–Crippen LogP) is 3.25. The molecule has 16 heavy (non-hydrogen) atoms. The Hall–Kier alpha value is -0.820. The number of aryl methyl sites for hydroxylation is 1. The molecule has 2 atom stereocenters. The molecule has 0 bridgehead atoms. The molecule has 0 aliphatic carbocycles. The lowest BCUT2D eigenvalue weighted by Crippen LogP contribution is -2.42. The molecule has 0 aromatic heterocycles. The third kappa shape index (κ3) is 2.65. The van der Waals surface area contributed by atoms with Gasteiger partial charge in [0.1, 0.15) is 0 Å². The van der Waals surface area contributed by atoms with E-state index < -0.39 is 0 Å². The zero-order chi connectivity index (χ0) is 11.4. The molecule has 0 amide bonds. The van der Waals surface area contributed by atoms with E-state index in [0.29, 0.717) is 5.41 Å². The average Bonchev–Trinajstić information content (AvgIpc) is 2.32. The molecule has 1 heteroatoms. The van der Waals surface area contributed by atoms with E-state index in [1.165, 1.54) is 37.9 Å². The monoisotopic (exact) mass is 217 g/mol. The van der Waals surface area contributed by atoms with Gasteiger partial charge in [0.2, 0.25) is 0 Å². The van der Waals surface area contributed by atoms with Gasteiger partial charge in [-0.15, -0.1) is 0 Å². The second-order valence-electron chi connectivity index (χ2n) is 5.49. The lowest BCUT2D eigenvalue weighted by Gasteiger charge is -2.40. The summed E-state index contributed by atoms with van der Waals surface area (Å²) < 4.78 is 0. The van der Waals surface area contributed by atoms with E-state index >= 15 is 0 Å². The van der Waals surface area contributed by atoms with E-state index in [1.807, 2.05) is 0 Å². The number of benzene rings is 1. The van der Waals surface area contributed by atoms with Crippen LogP contribution in [0, 0.1) is 11.3 Å². The third-order valence-electron chi connectivity index (χ3n) is 4.34. The van der Waals surface area contributed by atoms with Crippen molar-refractivity contribution in [3.8, 4) is 0 Å². The number of piperidine rings is 1. The number of hydrogen-bond acceptors (Lipinski definition) is 1. The quantitative estimate of drug-likeness (QED) is 0.819. The SMILES string of the molecule is CC1CNCCC1(C)CCc1ccccc1. The van der Waals surface area contributed by atoms with Crippen LogP contribution in [0.5, 0.6) is 0 Å². The Morgan fingerprint density at radius 3 is 2.75 bits per heavy atom. The zero-order valence-corrected chi connectivity index (χ0v) is 10.5. The van der Waals surface area contributed by atoms with Gasteiger partial charge in [-0.25, -0.2) is 0 Å². The first-order valence-electron chi connectivity index (χ1n) is 6.45. The fourth-order valence-electron chi connectivity index (χ4n) is 2.63. The molecule has 2 rings (SSSR count). The summed E-state index contributed by atoms with van der Waals surface area (Å²) in [6, 6.07) is 10.9. The van der Waals surface area contributed by atoms with Crippen molar-refractivity contribution in [2.24, 2.45) is 11.3 Å². The largest absolute Gasteiger partial charge is 0.316 e. The maximum atomic E-state index is 3.49. The highest BCUT2D eigenvalue weighted by atomic mass is 14.9. The molecule has 1 heterocycles. The fourth-order valence-corrected chi connectivity index (χ4v) is 2.63. The summed E-state index contributed by atoms with van der Waals surface area (Å²) in [4.78, 5) is 0. The number of rotatable bonds is 3. The average molecular weight is 217 g/mol. The summed E-state index contributed by atoms with van der Waals surface area (Å²) in [6.07, 6.45) is 3.86. The van der Waals surface area contributed by atoms with Crippen LogP contribution in [0.2, 0.25) is 0 Å². The maximum Gasteiger partial charge on any atom is -0.00179 e. The zero-order valence-electron chi connectivity index (χ0n) is 10.5. The molecule has 88 valence electrons. The molecule has 0 radical (unpaired) electrons. The Bertz CT molecular complexity index is 319. The summed E-state index contributed by atoms with van der Waals surface area (Å²) in [5.74, 6) is 0.796. The van der Waals surface area contributed by atoms with Crippen LogP contribution in [0.25, 0.3) is 0 Å². The van der Waals surface area contributed by atoms with Gasteiger partial charge in [-0.1, -0.05) is 44.2 Å². The summed E-state index contributed by atoms with van der Waals surface area (Å²) in [6.45, 7) is 7.22. The van der Waals surface area contributed by atoms with E-state index in [-0.39, 0.29) is 0 Å². The smallest absolute Gasteiger partial charge is 0.00179 e. The highest BCUT2D eigenvalue weighted by Crippen LogP contribution is 2.37. The summed E-state index contributed by atoms with van der Waals surface area (Å²) in [5.41, 5.74) is 2.01. The Kier molecular flexibility index (Phi) is 3.65. The minimum Gasteiger partial charge on any atom is -0.316 e. The Balaban J connectivity index is 1.93. The molecule has 2 unspecified atom stereocenters. The molecular weight excluding hydrogens is 194 g/mol. The molecule has 1 aromatic rings. The van der Waals surface area contributed by atoms with Gasteiger partial charge >= 0.3 is 0 Å². The summed E-state index contributed by atoms with van der Waals surface area (Å²) in [5, 5.41) is 3.49. The first kappa shape index (κ1) is 11.7. The van der Waals surface area contributed by atoms with Gasteiger partial charge in [-0.2, -0.15) is 0 Å². The molecule has 1 saturated heterocycles. The summed E-state index contributed by atoms with van der Waals surface area (Å²) in [7, 11) is 0. The van der Waals surface area contributed by atoms with Gasteiger partial charge in [0.15, 0.2) is 0 Å². The number of hydrogen-bond donors (Lipinski definition) is 1. The van der Waals surface area contributed by atoms with Crippen LogP contribution in [0.3, 0.4) is 0 Å². The molecule has 1 aromatic carbocycles. The van der Waals surface area contributed by atoms with E-state index in [4.69, 9.17) is 0 Å². The van der Waals surface area contributed by atoms with Crippen LogP contribution in [0.4, 0.5) is 0 Å².